The zero-order valence-corrected chi connectivity index (χ0v) is 15.7. The first-order chi connectivity index (χ1) is 14.2. The van der Waals surface area contributed by atoms with Crippen molar-refractivity contribution in [3.63, 3.8) is 0 Å². The van der Waals surface area contributed by atoms with Crippen molar-refractivity contribution in [2.75, 3.05) is 10.6 Å². The number of para-hydroxylation sites is 3. The van der Waals surface area contributed by atoms with E-state index in [1.807, 2.05) is 72.2 Å². The van der Waals surface area contributed by atoms with Gasteiger partial charge in [0.25, 0.3) is 5.91 Å². The predicted molar refractivity (Wildman–Crippen MR) is 111 cm³/mol. The van der Waals surface area contributed by atoms with Gasteiger partial charge < -0.3 is 10.6 Å². The van der Waals surface area contributed by atoms with Crippen LogP contribution in [0.4, 0.5) is 11.6 Å². The second kappa shape index (κ2) is 6.87. The van der Waals surface area contributed by atoms with Gasteiger partial charge in [-0.05, 0) is 37.3 Å². The lowest BCUT2D eigenvalue weighted by Crippen LogP contribution is -2.31. The Labute approximate surface area is 167 Å². The number of aromatic nitrogens is 4. The molecule has 0 spiro atoms. The summed E-state index contributed by atoms with van der Waals surface area (Å²) in [6.45, 7) is 1.89. The molecule has 0 bridgehead atoms. The normalized spacial score (nSPS) is 15.7. The van der Waals surface area contributed by atoms with Crippen molar-refractivity contribution >= 4 is 28.6 Å². The molecule has 29 heavy (non-hydrogen) atoms. The van der Waals surface area contributed by atoms with Gasteiger partial charge in [-0.1, -0.05) is 30.3 Å². The van der Waals surface area contributed by atoms with Crippen LogP contribution in [0.15, 0.2) is 84.3 Å². The molecule has 7 nitrogen and oxygen atoms in total. The molecule has 2 aromatic heterocycles. The highest BCUT2D eigenvalue weighted by Crippen LogP contribution is 2.39. The number of carbonyl (C=O) groups excluding carboxylic acids is 1. The van der Waals surface area contributed by atoms with Crippen molar-refractivity contribution in [2.45, 2.75) is 13.0 Å². The molecule has 0 aliphatic carbocycles. The number of nitrogens with one attached hydrogen (secondary N) is 2. The number of rotatable bonds is 3. The smallest absolute Gasteiger partial charge is 0.255 e. The molecule has 0 radical (unpaired) electrons. The van der Waals surface area contributed by atoms with Crippen molar-refractivity contribution in [2.24, 2.45) is 0 Å². The minimum Gasteiger partial charge on any atom is -0.329 e. The number of amides is 1. The van der Waals surface area contributed by atoms with Crippen LogP contribution in [-0.2, 0) is 4.79 Å². The Balaban J connectivity index is 1.67. The predicted octanol–water partition coefficient (Wildman–Crippen LogP) is 3.75. The maximum Gasteiger partial charge on any atom is 0.255 e. The zero-order chi connectivity index (χ0) is 19.8. The van der Waals surface area contributed by atoms with Crippen LogP contribution in [0.1, 0.15) is 18.5 Å². The maximum absolute atomic E-state index is 13.4. The van der Waals surface area contributed by atoms with E-state index in [-0.39, 0.29) is 11.9 Å². The topological polar surface area (TPSA) is 84.7 Å². The fourth-order valence-electron chi connectivity index (χ4n) is 3.76. The van der Waals surface area contributed by atoms with E-state index in [0.29, 0.717) is 11.5 Å². The second-order valence-corrected chi connectivity index (χ2v) is 6.86. The Bertz CT molecular complexity index is 1230. The minimum atomic E-state index is -0.377. The van der Waals surface area contributed by atoms with Gasteiger partial charge >= 0.3 is 0 Å². The summed E-state index contributed by atoms with van der Waals surface area (Å²) in [5.74, 6) is 0.521. The summed E-state index contributed by atoms with van der Waals surface area (Å²) in [7, 11) is 0. The number of allylic oxidation sites excluding steroid dienone is 1. The summed E-state index contributed by atoms with van der Waals surface area (Å²) in [5.41, 5.74) is 4.77. The lowest BCUT2D eigenvalue weighted by molar-refractivity contribution is -0.113. The molecular formula is C22H18N6O. The Kier molecular flexibility index (Phi) is 4.05. The average Bonchev–Trinajstić information content (AvgIpc) is 3.12. The number of carbonyl (C=O) groups is 1. The van der Waals surface area contributed by atoms with E-state index in [1.54, 1.807) is 12.4 Å². The molecule has 1 aliphatic rings. The lowest BCUT2D eigenvalue weighted by Gasteiger charge is -2.30. The summed E-state index contributed by atoms with van der Waals surface area (Å²) in [6, 6.07) is 18.8. The van der Waals surface area contributed by atoms with E-state index >= 15 is 0 Å². The Morgan fingerprint density at radius 3 is 2.62 bits per heavy atom. The quantitative estimate of drug-likeness (QED) is 0.564. The third kappa shape index (κ3) is 2.93. The van der Waals surface area contributed by atoms with Crippen LogP contribution in [-0.4, -0.2) is 25.7 Å². The van der Waals surface area contributed by atoms with Crippen LogP contribution in [0.5, 0.6) is 0 Å². The molecule has 3 heterocycles. The van der Waals surface area contributed by atoms with Crippen LogP contribution in [0.2, 0.25) is 0 Å². The standard InChI is InChI=1S/C22H18N6O/c1-14-19(21(29)26-16-7-3-2-4-8-16)20(15-11-12-23-24-13-15)28-18-10-6-5-9-17(18)27-22(28)25-14/h2-13,20H,1H3,(H,25,27)(H,26,29)/t20-/m0/s1. The van der Waals surface area contributed by atoms with Crippen LogP contribution < -0.4 is 10.6 Å². The molecule has 0 unspecified atom stereocenters. The Morgan fingerprint density at radius 2 is 1.83 bits per heavy atom. The molecule has 4 aromatic rings. The first kappa shape index (κ1) is 17.1. The molecule has 0 saturated heterocycles. The molecule has 0 fully saturated rings. The van der Waals surface area contributed by atoms with Gasteiger partial charge in [0.05, 0.1) is 28.8 Å². The SMILES string of the molecule is CC1=C(C(=O)Nc2ccccc2)[C@H](c2ccnnc2)n2c(nc3ccccc32)N1. The third-order valence-corrected chi connectivity index (χ3v) is 5.03. The van der Waals surface area contributed by atoms with Crippen LogP contribution in [0.3, 0.4) is 0 Å². The van der Waals surface area contributed by atoms with E-state index < -0.39 is 0 Å². The van der Waals surface area contributed by atoms with Gasteiger partial charge in [0, 0.05) is 23.1 Å². The lowest BCUT2D eigenvalue weighted by atomic mass is 9.95. The monoisotopic (exact) mass is 382 g/mol. The molecular weight excluding hydrogens is 364 g/mol. The highest BCUT2D eigenvalue weighted by molar-refractivity contribution is 6.06. The number of hydrogen-bond donors (Lipinski definition) is 2. The van der Waals surface area contributed by atoms with Crippen LogP contribution >= 0.6 is 0 Å². The third-order valence-electron chi connectivity index (χ3n) is 5.03. The largest absolute Gasteiger partial charge is 0.329 e. The summed E-state index contributed by atoms with van der Waals surface area (Å²) in [4.78, 5) is 18.1. The van der Waals surface area contributed by atoms with Crippen molar-refractivity contribution in [1.82, 2.24) is 19.7 Å². The number of hydrogen-bond acceptors (Lipinski definition) is 5. The molecule has 7 heteroatoms. The van der Waals surface area contributed by atoms with E-state index in [0.717, 1.165) is 28.0 Å². The molecule has 142 valence electrons. The second-order valence-electron chi connectivity index (χ2n) is 6.86. The number of imidazole rings is 1. The zero-order valence-electron chi connectivity index (χ0n) is 15.7. The summed E-state index contributed by atoms with van der Waals surface area (Å²) in [5, 5.41) is 14.2. The van der Waals surface area contributed by atoms with E-state index in [4.69, 9.17) is 4.98 Å². The van der Waals surface area contributed by atoms with Crippen molar-refractivity contribution in [1.29, 1.82) is 0 Å². The van der Waals surface area contributed by atoms with E-state index in [1.165, 1.54) is 0 Å². The van der Waals surface area contributed by atoms with Crippen molar-refractivity contribution in [3.05, 3.63) is 89.9 Å². The molecule has 1 amide bonds. The van der Waals surface area contributed by atoms with Gasteiger partial charge in [0.1, 0.15) is 0 Å². The summed E-state index contributed by atoms with van der Waals surface area (Å²) >= 11 is 0. The summed E-state index contributed by atoms with van der Waals surface area (Å²) < 4.78 is 2.04. The van der Waals surface area contributed by atoms with Gasteiger partial charge in [-0.25, -0.2) is 4.98 Å². The summed E-state index contributed by atoms with van der Waals surface area (Å²) in [6.07, 6.45) is 3.33. The fraction of sp³-hybridized carbons (Fsp3) is 0.0909. The van der Waals surface area contributed by atoms with Crippen molar-refractivity contribution < 1.29 is 4.79 Å². The van der Waals surface area contributed by atoms with Crippen molar-refractivity contribution in [3.8, 4) is 0 Å². The van der Waals surface area contributed by atoms with E-state index in [2.05, 4.69) is 20.8 Å². The number of anilines is 2. The molecule has 2 aromatic carbocycles. The molecule has 5 rings (SSSR count). The molecule has 1 aliphatic heterocycles. The Hall–Kier alpha value is -4.00. The molecule has 1 atom stereocenters. The minimum absolute atomic E-state index is 0.175. The van der Waals surface area contributed by atoms with Gasteiger partial charge in [-0.15, -0.1) is 0 Å². The van der Waals surface area contributed by atoms with Crippen LogP contribution in [0, 0.1) is 0 Å². The van der Waals surface area contributed by atoms with E-state index in [9.17, 15) is 4.79 Å². The maximum atomic E-state index is 13.4. The number of fused-ring (bicyclic) bond motifs is 3. The van der Waals surface area contributed by atoms with Gasteiger partial charge in [-0.2, -0.15) is 10.2 Å². The first-order valence-electron chi connectivity index (χ1n) is 9.30. The highest BCUT2D eigenvalue weighted by Gasteiger charge is 2.34. The first-order valence-corrected chi connectivity index (χ1v) is 9.30. The van der Waals surface area contributed by atoms with Gasteiger partial charge in [-0.3, -0.25) is 9.36 Å². The Morgan fingerprint density at radius 1 is 1.03 bits per heavy atom. The number of nitrogens with zero attached hydrogens (tertiary/aromatic N) is 4. The number of benzene rings is 2. The average molecular weight is 382 g/mol. The van der Waals surface area contributed by atoms with Gasteiger partial charge in [0.2, 0.25) is 5.95 Å². The molecule has 0 saturated carbocycles. The highest BCUT2D eigenvalue weighted by atomic mass is 16.1. The molecule has 2 N–H and O–H groups in total. The van der Waals surface area contributed by atoms with Gasteiger partial charge in [0.15, 0.2) is 0 Å². The fourth-order valence-corrected chi connectivity index (χ4v) is 3.76. The van der Waals surface area contributed by atoms with Crippen LogP contribution in [0.25, 0.3) is 11.0 Å².